The van der Waals surface area contributed by atoms with Crippen LogP contribution < -0.4 is 0 Å². The zero-order chi connectivity index (χ0) is 13.5. The van der Waals surface area contributed by atoms with Gasteiger partial charge in [0, 0.05) is 17.2 Å². The predicted molar refractivity (Wildman–Crippen MR) is 69.6 cm³/mol. The molecule has 94 valence electrons. The summed E-state index contributed by atoms with van der Waals surface area (Å²) in [6.07, 6.45) is 2.73. The Balaban J connectivity index is 3.01. The number of aromatic nitrogens is 1. The number of aryl methyl sites for hydroxylation is 1. The van der Waals surface area contributed by atoms with Gasteiger partial charge in [-0.15, -0.1) is 0 Å². The van der Waals surface area contributed by atoms with Crippen molar-refractivity contribution in [3.63, 3.8) is 0 Å². The number of nitrogens with zero attached hydrogens (tertiary/aromatic N) is 4. The number of rotatable bonds is 5. The maximum Gasteiger partial charge on any atom is 0.272 e. The lowest BCUT2D eigenvalue weighted by molar-refractivity contribution is 0.0784. The average molecular weight is 309 g/mol. The van der Waals surface area contributed by atoms with Crippen molar-refractivity contribution in [2.24, 2.45) is 0 Å². The molecule has 0 bridgehead atoms. The molecule has 0 fully saturated rings. The first kappa shape index (κ1) is 14.3. The van der Waals surface area contributed by atoms with Crippen LogP contribution in [0.4, 0.5) is 0 Å². The molecule has 1 aromatic heterocycles. The number of halogens is 1. The number of carbonyl (C=O) groups is 1. The summed E-state index contributed by atoms with van der Waals surface area (Å²) >= 11 is 3.33. The molecule has 0 saturated carbocycles. The Morgan fingerprint density at radius 3 is 2.56 bits per heavy atom. The highest BCUT2D eigenvalue weighted by Gasteiger charge is 2.19. The molecule has 5 nitrogen and oxygen atoms in total. The summed E-state index contributed by atoms with van der Waals surface area (Å²) in [7, 11) is 0. The molecule has 0 aromatic carbocycles. The Kier molecular flexibility index (Phi) is 5.41. The lowest BCUT2D eigenvalue weighted by Gasteiger charge is -2.16. The second kappa shape index (κ2) is 6.83. The molecule has 0 radical (unpaired) electrons. The van der Waals surface area contributed by atoms with Gasteiger partial charge in [-0.2, -0.15) is 10.5 Å². The second-order valence-electron chi connectivity index (χ2n) is 3.71. The molecule has 0 spiro atoms. The first-order valence-corrected chi connectivity index (χ1v) is 6.32. The summed E-state index contributed by atoms with van der Waals surface area (Å²) in [4.78, 5) is 13.4. The van der Waals surface area contributed by atoms with Gasteiger partial charge in [0.1, 0.15) is 18.8 Å². The highest BCUT2D eigenvalue weighted by Crippen LogP contribution is 2.17. The van der Waals surface area contributed by atoms with Crippen LogP contribution in [-0.2, 0) is 6.54 Å². The highest BCUT2D eigenvalue weighted by atomic mass is 79.9. The number of nitriles is 2. The predicted octanol–water partition coefficient (Wildman–Crippen LogP) is 2.15. The summed E-state index contributed by atoms with van der Waals surface area (Å²) < 4.78 is 2.64. The monoisotopic (exact) mass is 308 g/mol. The normalized spacial score (nSPS) is 9.56. The zero-order valence-corrected chi connectivity index (χ0v) is 11.6. The molecule has 18 heavy (non-hydrogen) atoms. The van der Waals surface area contributed by atoms with Crippen molar-refractivity contribution in [2.75, 3.05) is 13.1 Å². The van der Waals surface area contributed by atoms with E-state index in [2.05, 4.69) is 15.9 Å². The third kappa shape index (κ3) is 3.35. The Labute approximate surface area is 114 Å². The topological polar surface area (TPSA) is 72.8 Å². The quantitative estimate of drug-likeness (QED) is 0.782. The van der Waals surface area contributed by atoms with E-state index in [1.165, 1.54) is 4.90 Å². The maximum atomic E-state index is 12.2. The Morgan fingerprint density at radius 1 is 1.44 bits per heavy atom. The van der Waals surface area contributed by atoms with E-state index >= 15 is 0 Å². The fraction of sp³-hybridized carbons (Fsp3) is 0.417. The van der Waals surface area contributed by atoms with Gasteiger partial charge in [-0.3, -0.25) is 4.79 Å². The fourth-order valence-corrected chi connectivity index (χ4v) is 2.08. The van der Waals surface area contributed by atoms with Gasteiger partial charge in [-0.25, -0.2) is 0 Å². The smallest absolute Gasteiger partial charge is 0.272 e. The lowest BCUT2D eigenvalue weighted by atomic mass is 10.3. The van der Waals surface area contributed by atoms with Crippen LogP contribution in [-0.4, -0.2) is 28.5 Å². The SMILES string of the molecule is CCCn1cc(Br)cc1C(=O)N(CC#N)CC#N. The van der Waals surface area contributed by atoms with Gasteiger partial charge < -0.3 is 9.47 Å². The van der Waals surface area contributed by atoms with Crippen LogP contribution >= 0.6 is 15.9 Å². The standard InChI is InChI=1S/C12H13BrN4O/c1-2-5-17-9-10(13)8-11(17)12(18)16(6-3-14)7-4-15/h8-9H,2,5-7H2,1H3. The van der Waals surface area contributed by atoms with Crippen molar-refractivity contribution < 1.29 is 4.79 Å². The van der Waals surface area contributed by atoms with Crippen molar-refractivity contribution in [3.05, 3.63) is 22.4 Å². The third-order valence-electron chi connectivity index (χ3n) is 2.36. The molecule has 0 aliphatic carbocycles. The minimum absolute atomic E-state index is 0.0820. The van der Waals surface area contributed by atoms with Crippen LogP contribution in [0.1, 0.15) is 23.8 Å². The molecule has 0 unspecified atom stereocenters. The third-order valence-corrected chi connectivity index (χ3v) is 2.79. The number of hydrogen-bond acceptors (Lipinski definition) is 3. The van der Waals surface area contributed by atoms with Gasteiger partial charge in [-0.1, -0.05) is 6.92 Å². The number of carbonyl (C=O) groups excluding carboxylic acids is 1. The van der Waals surface area contributed by atoms with Crippen molar-refractivity contribution >= 4 is 21.8 Å². The summed E-state index contributed by atoms with van der Waals surface area (Å²) in [5.41, 5.74) is 0.495. The van der Waals surface area contributed by atoms with Crippen molar-refractivity contribution in [3.8, 4) is 12.1 Å². The van der Waals surface area contributed by atoms with Crippen molar-refractivity contribution in [2.45, 2.75) is 19.9 Å². The van der Waals surface area contributed by atoms with Gasteiger partial charge in [0.2, 0.25) is 0 Å². The van der Waals surface area contributed by atoms with Crippen molar-refractivity contribution in [1.82, 2.24) is 9.47 Å². The van der Waals surface area contributed by atoms with Crippen LogP contribution in [0.2, 0.25) is 0 Å². The Hall–Kier alpha value is -1.79. The van der Waals surface area contributed by atoms with E-state index in [1.807, 2.05) is 29.8 Å². The molecule has 0 aliphatic heterocycles. The summed E-state index contributed by atoms with van der Waals surface area (Å²) in [6.45, 7) is 2.58. The van der Waals surface area contributed by atoms with Crippen LogP contribution in [0.25, 0.3) is 0 Å². The Bertz CT molecular complexity index is 493. The molecular formula is C12H13BrN4O. The van der Waals surface area contributed by atoms with E-state index < -0.39 is 0 Å². The van der Waals surface area contributed by atoms with Crippen LogP contribution in [0.3, 0.4) is 0 Å². The minimum atomic E-state index is -0.294. The molecule has 0 saturated heterocycles. The van der Waals surface area contributed by atoms with Crippen molar-refractivity contribution in [1.29, 1.82) is 10.5 Å². The van der Waals surface area contributed by atoms with E-state index in [4.69, 9.17) is 10.5 Å². The minimum Gasteiger partial charge on any atom is -0.342 e. The molecule has 0 N–H and O–H groups in total. The summed E-state index contributed by atoms with van der Waals surface area (Å²) in [6, 6.07) is 5.50. The highest BCUT2D eigenvalue weighted by molar-refractivity contribution is 9.10. The molecule has 1 rings (SSSR count). The molecule has 1 aromatic rings. The van der Waals surface area contributed by atoms with Gasteiger partial charge in [0.15, 0.2) is 0 Å². The number of amides is 1. The van der Waals surface area contributed by atoms with Crippen LogP contribution in [0.15, 0.2) is 16.7 Å². The van der Waals surface area contributed by atoms with Gasteiger partial charge >= 0.3 is 0 Å². The zero-order valence-electron chi connectivity index (χ0n) is 10.1. The summed E-state index contributed by atoms with van der Waals surface area (Å²) in [5.74, 6) is -0.294. The first-order valence-electron chi connectivity index (χ1n) is 5.52. The average Bonchev–Trinajstić information content (AvgIpc) is 2.70. The molecule has 1 amide bonds. The van der Waals surface area contributed by atoms with E-state index in [0.717, 1.165) is 17.4 Å². The summed E-state index contributed by atoms with van der Waals surface area (Å²) in [5, 5.41) is 17.3. The van der Waals surface area contributed by atoms with Gasteiger partial charge in [0.25, 0.3) is 5.91 Å². The second-order valence-corrected chi connectivity index (χ2v) is 4.63. The largest absolute Gasteiger partial charge is 0.342 e. The van der Waals surface area contributed by atoms with E-state index in [-0.39, 0.29) is 19.0 Å². The molecule has 0 atom stereocenters. The van der Waals surface area contributed by atoms with Gasteiger partial charge in [0.05, 0.1) is 12.1 Å². The van der Waals surface area contributed by atoms with E-state index in [0.29, 0.717) is 5.69 Å². The first-order chi connectivity index (χ1) is 8.63. The van der Waals surface area contributed by atoms with Crippen LogP contribution in [0, 0.1) is 22.7 Å². The molecule has 0 aliphatic rings. The molecule has 6 heteroatoms. The van der Waals surface area contributed by atoms with E-state index in [9.17, 15) is 4.79 Å². The maximum absolute atomic E-state index is 12.2. The molecule has 1 heterocycles. The fourth-order valence-electron chi connectivity index (χ4n) is 1.61. The Morgan fingerprint density at radius 2 is 2.06 bits per heavy atom. The van der Waals surface area contributed by atoms with Crippen LogP contribution in [0.5, 0.6) is 0 Å². The molecular weight excluding hydrogens is 296 g/mol. The number of hydrogen-bond donors (Lipinski definition) is 0. The van der Waals surface area contributed by atoms with Gasteiger partial charge in [-0.05, 0) is 28.4 Å². The lowest BCUT2D eigenvalue weighted by Crippen LogP contribution is -2.33. The van der Waals surface area contributed by atoms with E-state index in [1.54, 1.807) is 6.07 Å².